The molecule has 0 saturated heterocycles. The van der Waals surface area contributed by atoms with Crippen LogP contribution in [0.2, 0.25) is 0 Å². The first-order chi connectivity index (χ1) is 6.91. The number of hydrogen-bond acceptors (Lipinski definition) is 3. The van der Waals surface area contributed by atoms with Gasteiger partial charge in [0.25, 0.3) is 0 Å². The molecule has 0 bridgehead atoms. The highest BCUT2D eigenvalue weighted by atomic mass is 32.2. The summed E-state index contributed by atoms with van der Waals surface area (Å²) < 4.78 is 22.7. The molecule has 0 heterocycles. The van der Waals surface area contributed by atoms with Crippen molar-refractivity contribution in [2.45, 2.75) is 45.7 Å². The number of hydrogen-bond donors (Lipinski definition) is 1. The normalized spacial score (nSPS) is 15.9. The molecule has 0 aliphatic carbocycles. The van der Waals surface area contributed by atoms with E-state index in [-0.39, 0.29) is 17.5 Å². The van der Waals surface area contributed by atoms with Crippen molar-refractivity contribution in [1.29, 1.82) is 0 Å². The fourth-order valence-corrected chi connectivity index (χ4v) is 2.58. The molecule has 1 N–H and O–H groups in total. The molecule has 0 fully saturated rings. The summed E-state index contributed by atoms with van der Waals surface area (Å²) in [6.45, 7) is 9.33. The Morgan fingerprint density at radius 1 is 1.33 bits per heavy atom. The molecule has 2 atom stereocenters. The molecule has 4 heteroatoms. The maximum atomic E-state index is 11.3. The third-order valence-corrected chi connectivity index (χ3v) is 4.20. The van der Waals surface area contributed by atoms with Crippen LogP contribution in [-0.4, -0.2) is 32.0 Å². The highest BCUT2D eigenvalue weighted by Crippen LogP contribution is 2.00. The fraction of sp³-hybridized carbons (Fsp3) is 0.818. The van der Waals surface area contributed by atoms with Gasteiger partial charge in [0.05, 0.1) is 5.75 Å². The average molecular weight is 233 g/mol. The first kappa shape index (κ1) is 14.6. The van der Waals surface area contributed by atoms with Crippen LogP contribution in [0.25, 0.3) is 0 Å². The molecule has 0 amide bonds. The van der Waals surface area contributed by atoms with Gasteiger partial charge in [-0.05, 0) is 26.7 Å². The molecular formula is C11H23NO2S. The molecule has 0 aliphatic heterocycles. The van der Waals surface area contributed by atoms with Crippen LogP contribution in [0.3, 0.4) is 0 Å². The summed E-state index contributed by atoms with van der Waals surface area (Å²) in [4.78, 5) is 0. The van der Waals surface area contributed by atoms with Crippen LogP contribution < -0.4 is 5.32 Å². The van der Waals surface area contributed by atoms with E-state index in [1.54, 1.807) is 6.92 Å². The Morgan fingerprint density at radius 3 is 2.40 bits per heavy atom. The standard InChI is InChI=1S/C11H23NO2S/c1-5-7-8-10(3)12-11(4)9-15(13,14)6-2/h5,10-12H,1,6-9H2,2-4H3. The smallest absolute Gasteiger partial charge is 0.151 e. The summed E-state index contributed by atoms with van der Waals surface area (Å²) in [5.41, 5.74) is 0. The number of rotatable bonds is 8. The second-order valence-electron chi connectivity index (χ2n) is 4.03. The van der Waals surface area contributed by atoms with Gasteiger partial charge in [0, 0.05) is 17.8 Å². The Hall–Kier alpha value is -0.350. The van der Waals surface area contributed by atoms with Crippen molar-refractivity contribution in [3.05, 3.63) is 12.7 Å². The largest absolute Gasteiger partial charge is 0.311 e. The van der Waals surface area contributed by atoms with Gasteiger partial charge in [-0.1, -0.05) is 13.0 Å². The lowest BCUT2D eigenvalue weighted by atomic mass is 10.1. The van der Waals surface area contributed by atoms with Gasteiger partial charge in [-0.25, -0.2) is 8.42 Å². The quantitative estimate of drug-likeness (QED) is 0.650. The zero-order valence-electron chi connectivity index (χ0n) is 9.99. The maximum absolute atomic E-state index is 11.3. The molecule has 0 rings (SSSR count). The van der Waals surface area contributed by atoms with Crippen LogP contribution >= 0.6 is 0 Å². The van der Waals surface area contributed by atoms with Gasteiger partial charge in [-0.3, -0.25) is 0 Å². The van der Waals surface area contributed by atoms with Gasteiger partial charge in [0.2, 0.25) is 0 Å². The molecule has 90 valence electrons. The number of sulfone groups is 1. The predicted molar refractivity (Wildman–Crippen MR) is 65.8 cm³/mol. The van der Waals surface area contributed by atoms with E-state index in [9.17, 15) is 8.42 Å². The third-order valence-electron chi connectivity index (χ3n) is 2.32. The monoisotopic (exact) mass is 233 g/mol. The van der Waals surface area contributed by atoms with Gasteiger partial charge in [-0.2, -0.15) is 0 Å². The van der Waals surface area contributed by atoms with Crippen LogP contribution in [0.4, 0.5) is 0 Å². The van der Waals surface area contributed by atoms with Crippen LogP contribution in [0, 0.1) is 0 Å². The van der Waals surface area contributed by atoms with Gasteiger partial charge in [0.1, 0.15) is 0 Å². The van der Waals surface area contributed by atoms with Crippen LogP contribution in [0.15, 0.2) is 12.7 Å². The summed E-state index contributed by atoms with van der Waals surface area (Å²) in [6.07, 6.45) is 3.84. The molecule has 3 nitrogen and oxygen atoms in total. The second kappa shape index (κ2) is 7.01. The van der Waals surface area contributed by atoms with Gasteiger partial charge in [0.15, 0.2) is 9.84 Å². The molecule has 0 aromatic carbocycles. The molecule has 0 aliphatic rings. The predicted octanol–water partition coefficient (Wildman–Crippen LogP) is 1.75. The summed E-state index contributed by atoms with van der Waals surface area (Å²) in [6, 6.07) is 0.361. The van der Waals surface area contributed by atoms with E-state index >= 15 is 0 Å². The van der Waals surface area contributed by atoms with E-state index in [0.29, 0.717) is 6.04 Å². The van der Waals surface area contributed by atoms with E-state index in [1.807, 2.05) is 13.0 Å². The fourth-order valence-electron chi connectivity index (χ4n) is 1.48. The first-order valence-electron chi connectivity index (χ1n) is 5.48. The summed E-state index contributed by atoms with van der Waals surface area (Å²) in [5.74, 6) is 0.446. The van der Waals surface area contributed by atoms with Crippen molar-refractivity contribution in [3.63, 3.8) is 0 Å². The van der Waals surface area contributed by atoms with Crippen molar-refractivity contribution >= 4 is 9.84 Å². The van der Waals surface area contributed by atoms with Crippen LogP contribution in [0.1, 0.15) is 33.6 Å². The SMILES string of the molecule is C=CCCC(C)NC(C)CS(=O)(=O)CC. The minimum absolute atomic E-state index is 0.0229. The number of allylic oxidation sites excluding steroid dienone is 1. The maximum Gasteiger partial charge on any atom is 0.151 e. The molecule has 0 radical (unpaired) electrons. The minimum Gasteiger partial charge on any atom is -0.311 e. The lowest BCUT2D eigenvalue weighted by Gasteiger charge is -2.19. The lowest BCUT2D eigenvalue weighted by Crippen LogP contribution is -2.39. The lowest BCUT2D eigenvalue weighted by molar-refractivity contribution is 0.466. The minimum atomic E-state index is -2.87. The molecule has 0 aromatic rings. The molecule has 2 unspecified atom stereocenters. The zero-order valence-corrected chi connectivity index (χ0v) is 10.8. The molecule has 0 aromatic heterocycles. The van der Waals surface area contributed by atoms with Crippen LogP contribution in [0.5, 0.6) is 0 Å². The molecule has 15 heavy (non-hydrogen) atoms. The first-order valence-corrected chi connectivity index (χ1v) is 7.30. The Morgan fingerprint density at radius 2 is 1.93 bits per heavy atom. The van der Waals surface area contributed by atoms with E-state index in [0.717, 1.165) is 12.8 Å². The summed E-state index contributed by atoms with van der Waals surface area (Å²) in [5, 5.41) is 3.28. The highest BCUT2D eigenvalue weighted by molar-refractivity contribution is 7.91. The Balaban J connectivity index is 3.92. The highest BCUT2D eigenvalue weighted by Gasteiger charge is 2.14. The number of nitrogens with one attached hydrogen (secondary N) is 1. The van der Waals surface area contributed by atoms with Crippen LogP contribution in [-0.2, 0) is 9.84 Å². The van der Waals surface area contributed by atoms with Gasteiger partial charge >= 0.3 is 0 Å². The molecule has 0 spiro atoms. The van der Waals surface area contributed by atoms with E-state index in [1.165, 1.54) is 0 Å². The van der Waals surface area contributed by atoms with E-state index < -0.39 is 9.84 Å². The van der Waals surface area contributed by atoms with Crippen molar-refractivity contribution < 1.29 is 8.42 Å². The Labute approximate surface area is 93.9 Å². The van der Waals surface area contributed by atoms with Crippen molar-refractivity contribution in [2.75, 3.05) is 11.5 Å². The topological polar surface area (TPSA) is 46.2 Å². The molecular weight excluding hydrogens is 210 g/mol. The summed E-state index contributed by atoms with van der Waals surface area (Å²) >= 11 is 0. The Bertz CT molecular complexity index is 272. The van der Waals surface area contributed by atoms with Gasteiger partial charge in [-0.15, -0.1) is 6.58 Å². The third kappa shape index (κ3) is 7.56. The molecule has 0 saturated carbocycles. The van der Waals surface area contributed by atoms with E-state index in [2.05, 4.69) is 18.8 Å². The van der Waals surface area contributed by atoms with E-state index in [4.69, 9.17) is 0 Å². The average Bonchev–Trinajstić information content (AvgIpc) is 2.13. The Kier molecular flexibility index (Phi) is 6.85. The summed E-state index contributed by atoms with van der Waals surface area (Å²) in [7, 11) is -2.87. The van der Waals surface area contributed by atoms with Crippen molar-refractivity contribution in [1.82, 2.24) is 5.32 Å². The van der Waals surface area contributed by atoms with Gasteiger partial charge < -0.3 is 5.32 Å². The second-order valence-corrected chi connectivity index (χ2v) is 6.43. The van der Waals surface area contributed by atoms with Crippen molar-refractivity contribution in [2.24, 2.45) is 0 Å². The van der Waals surface area contributed by atoms with Crippen molar-refractivity contribution in [3.8, 4) is 0 Å². The zero-order chi connectivity index (χ0) is 11.9.